The molecule has 0 saturated carbocycles. The summed E-state index contributed by atoms with van der Waals surface area (Å²) in [6, 6.07) is 13.0. The molecular formula is C21H24N2O5S. The van der Waals surface area contributed by atoms with Crippen molar-refractivity contribution in [2.45, 2.75) is 18.7 Å². The molecule has 0 aliphatic heterocycles. The lowest BCUT2D eigenvalue weighted by Crippen LogP contribution is -2.30. The Morgan fingerprint density at radius 3 is 2.38 bits per heavy atom. The maximum absolute atomic E-state index is 12.4. The molecule has 8 heteroatoms. The molecule has 0 saturated heterocycles. The van der Waals surface area contributed by atoms with E-state index in [0.717, 1.165) is 0 Å². The molecule has 0 heterocycles. The van der Waals surface area contributed by atoms with Gasteiger partial charge >= 0.3 is 5.97 Å². The Labute approximate surface area is 172 Å². The van der Waals surface area contributed by atoms with Crippen molar-refractivity contribution < 1.29 is 23.3 Å². The smallest absolute Gasteiger partial charge is 0.339 e. The van der Waals surface area contributed by atoms with Gasteiger partial charge in [0.05, 0.1) is 21.3 Å². The first-order chi connectivity index (χ1) is 13.9. The van der Waals surface area contributed by atoms with E-state index >= 15 is 0 Å². The zero-order valence-corrected chi connectivity index (χ0v) is 17.5. The number of hydrogen-bond donors (Lipinski definition) is 1. The summed E-state index contributed by atoms with van der Waals surface area (Å²) in [4.78, 5) is 38.8. The summed E-state index contributed by atoms with van der Waals surface area (Å²) in [5.74, 6) is -1.39. The number of ether oxygens (including phenoxy) is 1. The molecule has 2 aromatic carbocycles. The van der Waals surface area contributed by atoms with Gasteiger partial charge in [-0.3, -0.25) is 13.8 Å². The fourth-order valence-corrected chi connectivity index (χ4v) is 3.45. The Bertz CT molecular complexity index is 925. The molecular weight excluding hydrogens is 392 g/mol. The first kappa shape index (κ1) is 22.3. The molecule has 7 nitrogen and oxygen atoms in total. The van der Waals surface area contributed by atoms with Crippen molar-refractivity contribution in [3.8, 4) is 0 Å². The number of carbonyl (C=O) groups excluding carboxylic acids is 3. The lowest BCUT2D eigenvalue weighted by atomic mass is 10.1. The van der Waals surface area contributed by atoms with Crippen molar-refractivity contribution in [2.24, 2.45) is 0 Å². The summed E-state index contributed by atoms with van der Waals surface area (Å²) in [6.45, 7) is 4.47. The molecule has 2 rings (SSSR count). The highest BCUT2D eigenvalue weighted by Gasteiger charge is 2.17. The van der Waals surface area contributed by atoms with Gasteiger partial charge in [0, 0.05) is 30.6 Å². The van der Waals surface area contributed by atoms with Gasteiger partial charge in [0.25, 0.3) is 11.8 Å². The maximum atomic E-state index is 12.4. The minimum absolute atomic E-state index is 0.123. The number of hydrogen-bond acceptors (Lipinski definition) is 5. The largest absolute Gasteiger partial charge is 0.452 e. The van der Waals surface area contributed by atoms with Crippen molar-refractivity contribution in [2.75, 3.05) is 31.3 Å². The number of carbonyl (C=O) groups is 3. The molecule has 0 aromatic heterocycles. The highest BCUT2D eigenvalue weighted by Crippen LogP contribution is 2.15. The summed E-state index contributed by atoms with van der Waals surface area (Å²) in [6.07, 6.45) is 1.46. The van der Waals surface area contributed by atoms with E-state index in [2.05, 4.69) is 5.32 Å². The second-order valence-corrected chi connectivity index (χ2v) is 7.48. The highest BCUT2D eigenvalue weighted by molar-refractivity contribution is 7.84. The van der Waals surface area contributed by atoms with E-state index in [1.54, 1.807) is 47.4 Å². The van der Waals surface area contributed by atoms with Crippen LogP contribution in [0.15, 0.2) is 53.4 Å². The highest BCUT2D eigenvalue weighted by atomic mass is 32.2. The minimum Gasteiger partial charge on any atom is -0.452 e. The monoisotopic (exact) mass is 416 g/mol. The van der Waals surface area contributed by atoms with Crippen LogP contribution in [0.1, 0.15) is 34.6 Å². The number of nitrogens with zero attached hydrogens (tertiary/aromatic N) is 1. The van der Waals surface area contributed by atoms with Crippen LogP contribution in [-0.2, 0) is 20.3 Å². The molecule has 0 fully saturated rings. The van der Waals surface area contributed by atoms with Crippen molar-refractivity contribution in [3.63, 3.8) is 0 Å². The van der Waals surface area contributed by atoms with Crippen molar-refractivity contribution in [1.29, 1.82) is 0 Å². The van der Waals surface area contributed by atoms with Crippen molar-refractivity contribution >= 4 is 34.3 Å². The van der Waals surface area contributed by atoms with Gasteiger partial charge in [-0.05, 0) is 44.2 Å². The van der Waals surface area contributed by atoms with Gasteiger partial charge in [-0.2, -0.15) is 0 Å². The predicted molar refractivity (Wildman–Crippen MR) is 111 cm³/mol. The third kappa shape index (κ3) is 5.99. The quantitative estimate of drug-likeness (QED) is 0.668. The van der Waals surface area contributed by atoms with Gasteiger partial charge in [-0.25, -0.2) is 4.79 Å². The SMILES string of the molecule is CCN(CC)C(=O)c1cccc(NC(=O)COC(=O)c2ccccc2[S@@](C)=O)c1. The van der Waals surface area contributed by atoms with Gasteiger partial charge in [-0.1, -0.05) is 18.2 Å². The third-order valence-corrected chi connectivity index (χ3v) is 5.17. The number of rotatable bonds is 8. The van der Waals surface area contributed by atoms with Crippen LogP contribution in [0.4, 0.5) is 5.69 Å². The Kier molecular flexibility index (Phi) is 8.09. The zero-order chi connectivity index (χ0) is 21.4. The summed E-state index contributed by atoms with van der Waals surface area (Å²) < 4.78 is 16.8. The van der Waals surface area contributed by atoms with Gasteiger partial charge in [-0.15, -0.1) is 0 Å². The third-order valence-electron chi connectivity index (χ3n) is 4.19. The van der Waals surface area contributed by atoms with Crippen LogP contribution in [0.3, 0.4) is 0 Å². The molecule has 0 spiro atoms. The van der Waals surface area contributed by atoms with Crippen LogP contribution in [0.2, 0.25) is 0 Å². The van der Waals surface area contributed by atoms with E-state index in [1.807, 2.05) is 13.8 Å². The summed E-state index contributed by atoms with van der Waals surface area (Å²) in [5.41, 5.74) is 1.05. The lowest BCUT2D eigenvalue weighted by Gasteiger charge is -2.19. The molecule has 1 atom stereocenters. The van der Waals surface area contributed by atoms with Crippen LogP contribution in [-0.4, -0.2) is 52.8 Å². The zero-order valence-electron chi connectivity index (χ0n) is 16.6. The second kappa shape index (κ2) is 10.5. The Balaban J connectivity index is 2.00. The Morgan fingerprint density at radius 1 is 1.03 bits per heavy atom. The Morgan fingerprint density at radius 2 is 1.72 bits per heavy atom. The molecule has 1 N–H and O–H groups in total. The van der Waals surface area contributed by atoms with Crippen LogP contribution in [0.5, 0.6) is 0 Å². The van der Waals surface area contributed by atoms with Gasteiger partial charge in [0.15, 0.2) is 6.61 Å². The van der Waals surface area contributed by atoms with Gasteiger partial charge in [0.2, 0.25) is 0 Å². The molecule has 154 valence electrons. The topological polar surface area (TPSA) is 92.8 Å². The lowest BCUT2D eigenvalue weighted by molar-refractivity contribution is -0.119. The van der Waals surface area contributed by atoms with Gasteiger partial charge in [0.1, 0.15) is 0 Å². The predicted octanol–water partition coefficient (Wildman–Crippen LogP) is 2.70. The number of anilines is 1. The second-order valence-electron chi connectivity index (χ2n) is 6.13. The van der Waals surface area contributed by atoms with E-state index < -0.39 is 29.3 Å². The molecule has 0 aliphatic rings. The molecule has 0 bridgehead atoms. The first-order valence-corrected chi connectivity index (χ1v) is 10.7. The standard InChI is InChI=1S/C21H24N2O5S/c1-4-23(5-2)20(25)15-9-8-10-16(13-15)22-19(24)14-28-21(26)17-11-6-7-12-18(17)29(3)27/h6-13H,4-5,14H2,1-3H3,(H,22,24)/t29-/m1/s1. The fourth-order valence-electron chi connectivity index (χ4n) is 2.72. The maximum Gasteiger partial charge on any atom is 0.339 e. The molecule has 0 unspecified atom stereocenters. The normalized spacial score (nSPS) is 11.4. The van der Waals surface area contributed by atoms with E-state index in [4.69, 9.17) is 4.74 Å². The summed E-state index contributed by atoms with van der Waals surface area (Å²) >= 11 is 0. The van der Waals surface area contributed by atoms with Crippen LogP contribution in [0, 0.1) is 0 Å². The van der Waals surface area contributed by atoms with Crippen LogP contribution in [0.25, 0.3) is 0 Å². The van der Waals surface area contributed by atoms with Gasteiger partial charge < -0.3 is 15.0 Å². The van der Waals surface area contributed by atoms with E-state index in [1.165, 1.54) is 12.3 Å². The number of nitrogens with one attached hydrogen (secondary N) is 1. The molecule has 0 radical (unpaired) electrons. The fraction of sp³-hybridized carbons (Fsp3) is 0.286. The molecule has 2 aromatic rings. The molecule has 0 aliphatic carbocycles. The average Bonchev–Trinajstić information content (AvgIpc) is 2.73. The van der Waals surface area contributed by atoms with E-state index in [9.17, 15) is 18.6 Å². The minimum atomic E-state index is -1.36. The number of esters is 1. The first-order valence-electron chi connectivity index (χ1n) is 9.16. The van der Waals surface area contributed by atoms with Crippen LogP contribution < -0.4 is 5.32 Å². The summed E-state index contributed by atoms with van der Waals surface area (Å²) in [7, 11) is -1.36. The van der Waals surface area contributed by atoms with Crippen LogP contribution >= 0.6 is 0 Å². The molecule has 29 heavy (non-hydrogen) atoms. The average molecular weight is 416 g/mol. The number of amides is 2. The van der Waals surface area contributed by atoms with E-state index in [0.29, 0.717) is 29.2 Å². The van der Waals surface area contributed by atoms with E-state index in [-0.39, 0.29) is 11.5 Å². The summed E-state index contributed by atoms with van der Waals surface area (Å²) in [5, 5.41) is 2.61. The van der Waals surface area contributed by atoms with Crippen molar-refractivity contribution in [1.82, 2.24) is 4.90 Å². The molecule has 2 amide bonds. The Hall–Kier alpha value is -3.00. The number of benzene rings is 2. The van der Waals surface area contributed by atoms with Crippen molar-refractivity contribution in [3.05, 3.63) is 59.7 Å².